The number of benzene rings is 1. The SMILES string of the molecule is CNCC(C)C(=O)N1CCN(C(=O)c2cc(Cl)cc(Cl)c2)CC1.Cl. The molecule has 1 heterocycles. The van der Waals surface area contributed by atoms with E-state index in [4.69, 9.17) is 23.2 Å². The topological polar surface area (TPSA) is 52.7 Å². The van der Waals surface area contributed by atoms with Gasteiger partial charge >= 0.3 is 0 Å². The van der Waals surface area contributed by atoms with Crippen molar-refractivity contribution in [1.82, 2.24) is 15.1 Å². The van der Waals surface area contributed by atoms with E-state index in [9.17, 15) is 9.59 Å². The van der Waals surface area contributed by atoms with Crippen LogP contribution in [0.25, 0.3) is 0 Å². The zero-order valence-corrected chi connectivity index (χ0v) is 16.0. The molecular weight excluding hydrogens is 373 g/mol. The molecule has 2 rings (SSSR count). The number of halogens is 3. The second-order valence-corrected chi connectivity index (χ2v) is 6.61. The largest absolute Gasteiger partial charge is 0.339 e. The van der Waals surface area contributed by atoms with Crippen LogP contribution in [0.5, 0.6) is 0 Å². The molecule has 0 spiro atoms. The summed E-state index contributed by atoms with van der Waals surface area (Å²) in [6, 6.07) is 4.82. The van der Waals surface area contributed by atoms with E-state index >= 15 is 0 Å². The van der Waals surface area contributed by atoms with E-state index in [1.807, 2.05) is 18.9 Å². The zero-order chi connectivity index (χ0) is 17.0. The summed E-state index contributed by atoms with van der Waals surface area (Å²) in [7, 11) is 1.83. The molecule has 1 atom stereocenters. The summed E-state index contributed by atoms with van der Waals surface area (Å²) >= 11 is 11.9. The van der Waals surface area contributed by atoms with Crippen molar-refractivity contribution in [2.24, 2.45) is 5.92 Å². The lowest BCUT2D eigenvalue weighted by molar-refractivity contribution is -0.136. The third-order valence-corrected chi connectivity index (χ3v) is 4.36. The molecule has 1 aliphatic rings. The van der Waals surface area contributed by atoms with E-state index < -0.39 is 0 Å². The highest BCUT2D eigenvalue weighted by Crippen LogP contribution is 2.21. The summed E-state index contributed by atoms with van der Waals surface area (Å²) < 4.78 is 0. The van der Waals surface area contributed by atoms with Crippen LogP contribution in [-0.2, 0) is 4.79 Å². The number of piperazine rings is 1. The summed E-state index contributed by atoms with van der Waals surface area (Å²) in [6.07, 6.45) is 0. The van der Waals surface area contributed by atoms with E-state index in [0.717, 1.165) is 0 Å². The molecule has 0 saturated carbocycles. The third kappa shape index (κ3) is 5.24. The Balaban J connectivity index is 0.00000288. The number of carbonyl (C=O) groups is 2. The highest BCUT2D eigenvalue weighted by Gasteiger charge is 2.27. The van der Waals surface area contributed by atoms with Gasteiger partial charge in [-0.3, -0.25) is 9.59 Å². The predicted molar refractivity (Wildman–Crippen MR) is 99.3 cm³/mol. The van der Waals surface area contributed by atoms with E-state index in [-0.39, 0.29) is 30.1 Å². The van der Waals surface area contributed by atoms with E-state index in [2.05, 4.69) is 5.32 Å². The Labute approximate surface area is 158 Å². The summed E-state index contributed by atoms with van der Waals surface area (Å²) in [6.45, 7) is 4.69. The molecule has 8 heteroatoms. The Morgan fingerprint density at radius 3 is 2.08 bits per heavy atom. The van der Waals surface area contributed by atoms with E-state index in [1.54, 1.807) is 23.1 Å². The Morgan fingerprint density at radius 2 is 1.58 bits per heavy atom. The predicted octanol–water partition coefficient (Wildman–Crippen LogP) is 2.56. The number of carbonyl (C=O) groups excluding carboxylic acids is 2. The molecule has 1 aromatic carbocycles. The average Bonchev–Trinajstić information content (AvgIpc) is 2.53. The molecule has 1 aliphatic heterocycles. The number of hydrogen-bond acceptors (Lipinski definition) is 3. The molecule has 2 amide bonds. The summed E-state index contributed by atoms with van der Waals surface area (Å²) in [5, 5.41) is 3.89. The monoisotopic (exact) mass is 393 g/mol. The van der Waals surface area contributed by atoms with Gasteiger partial charge in [-0.05, 0) is 25.2 Å². The van der Waals surface area contributed by atoms with Crippen LogP contribution in [0.1, 0.15) is 17.3 Å². The molecule has 1 aromatic rings. The van der Waals surface area contributed by atoms with Crippen molar-refractivity contribution in [1.29, 1.82) is 0 Å². The van der Waals surface area contributed by atoms with Gasteiger partial charge in [0, 0.05) is 54.3 Å². The van der Waals surface area contributed by atoms with Gasteiger partial charge in [-0.1, -0.05) is 30.1 Å². The molecule has 24 heavy (non-hydrogen) atoms. The quantitative estimate of drug-likeness (QED) is 0.854. The molecule has 1 fully saturated rings. The number of hydrogen-bond donors (Lipinski definition) is 1. The van der Waals surface area contributed by atoms with Gasteiger partial charge in [-0.2, -0.15) is 0 Å². The molecule has 0 radical (unpaired) electrons. The van der Waals surface area contributed by atoms with Crippen LogP contribution in [0.15, 0.2) is 18.2 Å². The minimum Gasteiger partial charge on any atom is -0.339 e. The second-order valence-electron chi connectivity index (χ2n) is 5.73. The van der Waals surface area contributed by atoms with Crippen molar-refractivity contribution < 1.29 is 9.59 Å². The van der Waals surface area contributed by atoms with Gasteiger partial charge in [0.05, 0.1) is 0 Å². The van der Waals surface area contributed by atoms with Gasteiger partial charge in [0.25, 0.3) is 5.91 Å². The maximum Gasteiger partial charge on any atom is 0.254 e. The Morgan fingerprint density at radius 1 is 1.08 bits per heavy atom. The summed E-state index contributed by atoms with van der Waals surface area (Å²) in [5.41, 5.74) is 0.478. The highest BCUT2D eigenvalue weighted by molar-refractivity contribution is 6.35. The van der Waals surface area contributed by atoms with Gasteiger partial charge in [-0.25, -0.2) is 0 Å². The number of nitrogens with zero attached hydrogens (tertiary/aromatic N) is 2. The van der Waals surface area contributed by atoms with Crippen molar-refractivity contribution in [2.45, 2.75) is 6.92 Å². The normalized spacial score (nSPS) is 15.7. The average molecular weight is 395 g/mol. The first-order valence-electron chi connectivity index (χ1n) is 7.61. The van der Waals surface area contributed by atoms with Gasteiger partial charge in [0.15, 0.2) is 0 Å². The Bertz CT molecular complexity index is 570. The van der Waals surface area contributed by atoms with Crippen molar-refractivity contribution in [3.63, 3.8) is 0 Å². The first kappa shape index (κ1) is 21.0. The van der Waals surface area contributed by atoms with Crippen molar-refractivity contribution >= 4 is 47.4 Å². The van der Waals surface area contributed by atoms with E-state index in [0.29, 0.717) is 48.3 Å². The minimum absolute atomic E-state index is 0. The molecule has 0 aromatic heterocycles. The number of nitrogens with one attached hydrogen (secondary N) is 1. The lowest BCUT2D eigenvalue weighted by Crippen LogP contribution is -2.52. The molecular formula is C16H22Cl3N3O2. The molecule has 1 saturated heterocycles. The van der Waals surface area contributed by atoms with Crippen LogP contribution in [0.4, 0.5) is 0 Å². The first-order chi connectivity index (χ1) is 10.9. The van der Waals surface area contributed by atoms with Crippen molar-refractivity contribution in [3.8, 4) is 0 Å². The van der Waals surface area contributed by atoms with Crippen LogP contribution < -0.4 is 5.32 Å². The van der Waals surface area contributed by atoms with Crippen LogP contribution in [-0.4, -0.2) is 61.4 Å². The summed E-state index contributed by atoms with van der Waals surface area (Å²) in [5.74, 6) is -0.0454. The Hall–Kier alpha value is -1.01. The van der Waals surface area contributed by atoms with Crippen molar-refractivity contribution in [3.05, 3.63) is 33.8 Å². The van der Waals surface area contributed by atoms with Gasteiger partial charge < -0.3 is 15.1 Å². The smallest absolute Gasteiger partial charge is 0.254 e. The lowest BCUT2D eigenvalue weighted by atomic mass is 10.1. The van der Waals surface area contributed by atoms with Crippen molar-refractivity contribution in [2.75, 3.05) is 39.8 Å². The number of amides is 2. The zero-order valence-electron chi connectivity index (χ0n) is 13.7. The molecule has 134 valence electrons. The molecule has 1 N–H and O–H groups in total. The molecule has 1 unspecified atom stereocenters. The fraction of sp³-hybridized carbons (Fsp3) is 0.500. The van der Waals surface area contributed by atoms with Crippen LogP contribution in [0.2, 0.25) is 10.0 Å². The lowest BCUT2D eigenvalue weighted by Gasteiger charge is -2.36. The van der Waals surface area contributed by atoms with Crippen LogP contribution in [0, 0.1) is 5.92 Å². The number of rotatable bonds is 4. The van der Waals surface area contributed by atoms with Crippen LogP contribution >= 0.6 is 35.6 Å². The van der Waals surface area contributed by atoms with Gasteiger partial charge in [0.2, 0.25) is 5.91 Å². The maximum atomic E-state index is 12.5. The third-order valence-electron chi connectivity index (χ3n) is 3.92. The standard InChI is InChI=1S/C16H21Cl2N3O2.ClH/c1-11(10-19-2)15(22)20-3-5-21(6-4-20)16(23)12-7-13(17)9-14(18)8-12;/h7-9,11,19H,3-6,10H2,1-2H3;1H. The Kier molecular flexibility index (Phi) is 8.30. The fourth-order valence-corrected chi connectivity index (χ4v) is 3.22. The first-order valence-corrected chi connectivity index (χ1v) is 8.36. The highest BCUT2D eigenvalue weighted by atomic mass is 35.5. The van der Waals surface area contributed by atoms with E-state index in [1.165, 1.54) is 0 Å². The second kappa shape index (κ2) is 9.47. The van der Waals surface area contributed by atoms with Gasteiger partial charge in [0.1, 0.15) is 0 Å². The van der Waals surface area contributed by atoms with Crippen LogP contribution in [0.3, 0.4) is 0 Å². The van der Waals surface area contributed by atoms with Gasteiger partial charge in [-0.15, -0.1) is 12.4 Å². The minimum atomic E-state index is -0.107. The molecule has 0 aliphatic carbocycles. The molecule has 0 bridgehead atoms. The maximum absolute atomic E-state index is 12.5. The molecule has 5 nitrogen and oxygen atoms in total. The summed E-state index contributed by atoms with van der Waals surface area (Å²) in [4.78, 5) is 28.3. The fourth-order valence-electron chi connectivity index (χ4n) is 2.69.